The van der Waals surface area contributed by atoms with Crippen LogP contribution in [-0.2, 0) is 0 Å². The Hall–Kier alpha value is -4.19. The molecule has 0 bridgehead atoms. The van der Waals surface area contributed by atoms with E-state index in [1.165, 1.54) is 12.1 Å². The first-order valence-corrected chi connectivity index (χ1v) is 10.5. The molecule has 0 atom stereocenters. The summed E-state index contributed by atoms with van der Waals surface area (Å²) < 4.78 is 10.7. The van der Waals surface area contributed by atoms with Gasteiger partial charge in [0.25, 0.3) is 0 Å². The first-order valence-electron chi connectivity index (χ1n) is 10.5. The summed E-state index contributed by atoms with van der Waals surface area (Å²) in [4.78, 5) is 29.1. The summed E-state index contributed by atoms with van der Waals surface area (Å²) in [5.41, 5.74) is 2.30. The van der Waals surface area contributed by atoms with Crippen LogP contribution in [-0.4, -0.2) is 30.8 Å². The third-order valence-corrected chi connectivity index (χ3v) is 5.45. The van der Waals surface area contributed by atoms with Crippen molar-refractivity contribution in [2.75, 3.05) is 13.7 Å². The summed E-state index contributed by atoms with van der Waals surface area (Å²) in [5.74, 6) is 0.504. The van der Waals surface area contributed by atoms with E-state index < -0.39 is 5.63 Å². The van der Waals surface area contributed by atoms with Crippen molar-refractivity contribution < 1.29 is 19.1 Å². The molecule has 0 radical (unpaired) electrons. The van der Waals surface area contributed by atoms with Crippen LogP contribution in [0, 0.1) is 6.92 Å². The minimum atomic E-state index is -0.479. The summed E-state index contributed by atoms with van der Waals surface area (Å²) in [5, 5.41) is 12.7. The van der Waals surface area contributed by atoms with E-state index in [-0.39, 0.29) is 11.5 Å². The second-order valence-corrected chi connectivity index (χ2v) is 7.57. The highest BCUT2D eigenvalue weighted by Gasteiger charge is 2.15. The van der Waals surface area contributed by atoms with Gasteiger partial charge in [0.05, 0.1) is 7.11 Å². The minimum absolute atomic E-state index is 0.0342. The molecule has 166 valence electrons. The Bertz CT molecular complexity index is 1480. The Morgan fingerprint density at radius 3 is 2.52 bits per heavy atom. The molecule has 0 unspecified atom stereocenters. The molecule has 0 amide bonds. The Morgan fingerprint density at radius 1 is 1.09 bits per heavy atom. The number of aryl methyl sites for hydroxylation is 1. The van der Waals surface area contributed by atoms with Crippen LogP contribution in [0.1, 0.15) is 34.0 Å². The van der Waals surface area contributed by atoms with Crippen molar-refractivity contribution in [2.24, 2.45) is 4.99 Å². The third-order valence-electron chi connectivity index (χ3n) is 5.45. The molecule has 33 heavy (non-hydrogen) atoms. The number of methoxy groups -OCH3 is 1. The number of carbonyl (C=O) groups excluding carboxylic acids is 1. The maximum absolute atomic E-state index is 12.8. The molecule has 0 aliphatic heterocycles. The van der Waals surface area contributed by atoms with E-state index in [1.54, 1.807) is 55.8 Å². The number of phenols is 1. The summed E-state index contributed by atoms with van der Waals surface area (Å²) in [6, 6.07) is 13.6. The molecular weight excluding hydrogens is 418 g/mol. The van der Waals surface area contributed by atoms with Gasteiger partial charge in [-0.3, -0.25) is 9.79 Å². The van der Waals surface area contributed by atoms with E-state index >= 15 is 0 Å². The van der Waals surface area contributed by atoms with E-state index in [9.17, 15) is 14.7 Å². The van der Waals surface area contributed by atoms with Gasteiger partial charge in [0.1, 0.15) is 17.1 Å². The zero-order valence-electron chi connectivity index (χ0n) is 18.6. The SMILES string of the molecule is CCN=Cc1cc(/C=C/C(=O)c2ccc(OC)cc2)c2c(ccc3c(C)cc(=O)oc32)c1O. The average Bonchev–Trinajstić information content (AvgIpc) is 2.82. The Labute approximate surface area is 190 Å². The standard InChI is InChI=1S/C27H23NO5/c1-4-28-15-19-14-18(7-12-23(29)17-5-8-20(32-3)9-6-17)25-22(26(19)31)11-10-21-16(2)13-24(30)33-27(21)25/h5-15,31H,4H2,1-3H3/b12-7+,28-15?. The van der Waals surface area contributed by atoms with Gasteiger partial charge in [-0.1, -0.05) is 12.1 Å². The van der Waals surface area contributed by atoms with Crippen molar-refractivity contribution in [3.8, 4) is 11.5 Å². The van der Waals surface area contributed by atoms with Crippen LogP contribution in [0.25, 0.3) is 27.8 Å². The number of aromatic hydroxyl groups is 1. The number of ether oxygens (including phenoxy) is 1. The highest BCUT2D eigenvalue weighted by molar-refractivity contribution is 6.15. The number of hydrogen-bond acceptors (Lipinski definition) is 6. The molecule has 0 aliphatic carbocycles. The monoisotopic (exact) mass is 441 g/mol. The highest BCUT2D eigenvalue weighted by Crippen LogP contribution is 2.37. The fraction of sp³-hybridized carbons (Fsp3) is 0.148. The van der Waals surface area contributed by atoms with Crippen LogP contribution in [0.3, 0.4) is 0 Å². The molecule has 0 spiro atoms. The van der Waals surface area contributed by atoms with Crippen molar-refractivity contribution in [2.45, 2.75) is 13.8 Å². The van der Waals surface area contributed by atoms with E-state index in [1.807, 2.05) is 19.9 Å². The summed E-state index contributed by atoms with van der Waals surface area (Å²) in [6.45, 7) is 4.29. The number of nitrogens with zero attached hydrogens (tertiary/aromatic N) is 1. The van der Waals surface area contributed by atoms with Gasteiger partial charge < -0.3 is 14.3 Å². The zero-order chi connectivity index (χ0) is 23.5. The number of hydrogen-bond donors (Lipinski definition) is 1. The maximum atomic E-state index is 12.8. The fourth-order valence-corrected chi connectivity index (χ4v) is 3.77. The number of aliphatic imine (C=N–C) groups is 1. The van der Waals surface area contributed by atoms with Crippen molar-refractivity contribution in [3.05, 3.63) is 87.3 Å². The van der Waals surface area contributed by atoms with Crippen molar-refractivity contribution in [1.29, 1.82) is 0 Å². The van der Waals surface area contributed by atoms with Gasteiger partial charge in [0, 0.05) is 46.1 Å². The number of rotatable bonds is 6. The lowest BCUT2D eigenvalue weighted by Crippen LogP contribution is -1.99. The zero-order valence-corrected chi connectivity index (χ0v) is 18.6. The van der Waals surface area contributed by atoms with Crippen LogP contribution in [0.2, 0.25) is 0 Å². The number of benzene rings is 3. The molecular formula is C27H23NO5. The lowest BCUT2D eigenvalue weighted by atomic mass is 9.96. The van der Waals surface area contributed by atoms with Gasteiger partial charge >= 0.3 is 5.63 Å². The topological polar surface area (TPSA) is 89.1 Å². The molecule has 1 aromatic heterocycles. The number of carbonyl (C=O) groups is 1. The van der Waals surface area contributed by atoms with Crippen LogP contribution >= 0.6 is 0 Å². The van der Waals surface area contributed by atoms with E-state index in [0.29, 0.717) is 45.3 Å². The summed E-state index contributed by atoms with van der Waals surface area (Å²) in [7, 11) is 1.57. The van der Waals surface area contributed by atoms with E-state index in [4.69, 9.17) is 9.15 Å². The number of phenolic OH excluding ortho intramolecular Hbond substituents is 1. The van der Waals surface area contributed by atoms with Gasteiger partial charge in [-0.05, 0) is 67.4 Å². The van der Waals surface area contributed by atoms with Gasteiger partial charge in [-0.25, -0.2) is 4.79 Å². The average molecular weight is 441 g/mol. The first kappa shape index (κ1) is 22.0. The molecule has 6 heteroatoms. The summed E-state index contributed by atoms with van der Waals surface area (Å²) in [6.07, 6.45) is 4.72. The predicted molar refractivity (Wildman–Crippen MR) is 131 cm³/mol. The molecule has 4 rings (SSSR count). The molecule has 4 aromatic rings. The van der Waals surface area contributed by atoms with E-state index in [0.717, 1.165) is 10.9 Å². The van der Waals surface area contributed by atoms with Gasteiger partial charge in [-0.15, -0.1) is 0 Å². The smallest absolute Gasteiger partial charge is 0.336 e. The Balaban J connectivity index is 1.93. The third kappa shape index (κ3) is 4.28. The molecule has 0 saturated carbocycles. The minimum Gasteiger partial charge on any atom is -0.507 e. The quantitative estimate of drug-likeness (QED) is 0.144. The molecule has 0 aliphatic rings. The normalized spacial score (nSPS) is 11.7. The lowest BCUT2D eigenvalue weighted by Gasteiger charge is -2.11. The molecule has 1 N–H and O–H groups in total. The van der Waals surface area contributed by atoms with Crippen molar-refractivity contribution in [1.82, 2.24) is 0 Å². The largest absolute Gasteiger partial charge is 0.507 e. The predicted octanol–water partition coefficient (Wildman–Crippen LogP) is 5.30. The van der Waals surface area contributed by atoms with Gasteiger partial charge in [-0.2, -0.15) is 0 Å². The van der Waals surface area contributed by atoms with Gasteiger partial charge in [0.2, 0.25) is 0 Å². The molecule has 1 heterocycles. The Morgan fingerprint density at radius 2 is 1.82 bits per heavy atom. The van der Waals surface area contributed by atoms with Crippen LogP contribution in [0.15, 0.2) is 68.8 Å². The van der Waals surface area contributed by atoms with E-state index in [2.05, 4.69) is 4.99 Å². The number of allylic oxidation sites excluding steroid dienone is 1. The highest BCUT2D eigenvalue weighted by atomic mass is 16.5. The maximum Gasteiger partial charge on any atom is 0.336 e. The summed E-state index contributed by atoms with van der Waals surface area (Å²) >= 11 is 0. The molecule has 0 fully saturated rings. The van der Waals surface area contributed by atoms with Crippen LogP contribution < -0.4 is 10.4 Å². The second kappa shape index (κ2) is 9.12. The van der Waals surface area contributed by atoms with Crippen LogP contribution in [0.4, 0.5) is 0 Å². The van der Waals surface area contributed by atoms with Crippen LogP contribution in [0.5, 0.6) is 11.5 Å². The number of ketones is 1. The lowest BCUT2D eigenvalue weighted by molar-refractivity contribution is 0.104. The Kier molecular flexibility index (Phi) is 6.09. The van der Waals surface area contributed by atoms with Crippen molar-refractivity contribution >= 4 is 39.8 Å². The molecule has 0 saturated heterocycles. The second-order valence-electron chi connectivity index (χ2n) is 7.57. The first-order chi connectivity index (χ1) is 15.9. The molecule has 6 nitrogen and oxygen atoms in total. The molecule has 3 aromatic carbocycles. The van der Waals surface area contributed by atoms with Crippen molar-refractivity contribution in [3.63, 3.8) is 0 Å². The number of fused-ring (bicyclic) bond motifs is 3. The fourth-order valence-electron chi connectivity index (χ4n) is 3.77. The van der Waals surface area contributed by atoms with Gasteiger partial charge in [0.15, 0.2) is 5.78 Å².